The molecule has 0 bridgehead atoms. The van der Waals surface area contributed by atoms with Crippen molar-refractivity contribution >= 4 is 0 Å². The summed E-state index contributed by atoms with van der Waals surface area (Å²) in [6.07, 6.45) is 4.86. The van der Waals surface area contributed by atoms with E-state index in [1.807, 2.05) is 13.0 Å². The lowest BCUT2D eigenvalue weighted by Crippen LogP contribution is -2.16. The second kappa shape index (κ2) is 5.64. The minimum absolute atomic E-state index is 0.907. The van der Waals surface area contributed by atoms with Crippen LogP contribution in [0.25, 0.3) is 0 Å². The molecule has 0 atom stereocenters. The molecule has 0 N–H and O–H groups in total. The van der Waals surface area contributed by atoms with Gasteiger partial charge in [0.1, 0.15) is 0 Å². The smallest absolute Gasteiger partial charge is 0.0143 e. The monoisotopic (exact) mass is 165 g/mol. The average molecular weight is 165 g/mol. The van der Waals surface area contributed by atoms with Gasteiger partial charge in [-0.3, -0.25) is 0 Å². The molecule has 1 nitrogen and oxygen atoms in total. The minimum Gasteiger partial charge on any atom is -0.378 e. The Kier molecular flexibility index (Phi) is 5.18. The lowest BCUT2D eigenvalue weighted by molar-refractivity contribution is 0.434. The molecule has 68 valence electrons. The fourth-order valence-corrected chi connectivity index (χ4v) is 0.886. The van der Waals surface area contributed by atoms with E-state index in [0.717, 1.165) is 18.7 Å². The summed E-state index contributed by atoms with van der Waals surface area (Å²) in [7, 11) is 2.05. The van der Waals surface area contributed by atoms with Crippen LogP contribution in [0.15, 0.2) is 36.6 Å². The van der Waals surface area contributed by atoms with E-state index in [0.29, 0.717) is 0 Å². The first-order valence-electron chi connectivity index (χ1n) is 4.32. The summed E-state index contributed by atoms with van der Waals surface area (Å²) in [5.41, 5.74) is 2.38. The maximum absolute atomic E-state index is 4.00. The number of allylic oxidation sites excluding steroid dienone is 3. The fourth-order valence-electron chi connectivity index (χ4n) is 0.886. The number of nitrogens with zero attached hydrogens (tertiary/aromatic N) is 1. The molecule has 0 spiro atoms. The van der Waals surface area contributed by atoms with E-state index in [1.165, 1.54) is 5.57 Å². The lowest BCUT2D eigenvalue weighted by atomic mass is 10.1. The van der Waals surface area contributed by atoms with Crippen molar-refractivity contribution in [2.24, 2.45) is 0 Å². The van der Waals surface area contributed by atoms with E-state index in [1.54, 1.807) is 0 Å². The summed E-state index contributed by atoms with van der Waals surface area (Å²) < 4.78 is 0. The molecule has 12 heavy (non-hydrogen) atoms. The van der Waals surface area contributed by atoms with Crippen LogP contribution in [-0.2, 0) is 0 Å². The fraction of sp³-hybridized carbons (Fsp3) is 0.455. The van der Waals surface area contributed by atoms with Gasteiger partial charge in [-0.05, 0) is 19.4 Å². The summed E-state index contributed by atoms with van der Waals surface area (Å²) in [6.45, 7) is 12.9. The maximum Gasteiger partial charge on any atom is 0.0143 e. The van der Waals surface area contributed by atoms with Crippen LogP contribution in [0.1, 0.15) is 20.3 Å². The number of rotatable bonds is 5. The van der Waals surface area contributed by atoms with Crippen LogP contribution < -0.4 is 0 Å². The van der Waals surface area contributed by atoms with Gasteiger partial charge in [-0.2, -0.15) is 0 Å². The van der Waals surface area contributed by atoms with Gasteiger partial charge in [0.15, 0.2) is 0 Å². The highest BCUT2D eigenvalue weighted by molar-refractivity contribution is 5.21. The van der Waals surface area contributed by atoms with Crippen LogP contribution in [0.3, 0.4) is 0 Å². The number of hydrogen-bond acceptors (Lipinski definition) is 1. The van der Waals surface area contributed by atoms with Gasteiger partial charge in [0, 0.05) is 25.7 Å². The van der Waals surface area contributed by atoms with Crippen molar-refractivity contribution < 1.29 is 0 Å². The zero-order valence-corrected chi connectivity index (χ0v) is 8.43. The van der Waals surface area contributed by atoms with Gasteiger partial charge < -0.3 is 4.90 Å². The summed E-state index contributed by atoms with van der Waals surface area (Å²) in [5.74, 6) is 0. The average Bonchev–Trinajstić information content (AvgIpc) is 2.12. The van der Waals surface area contributed by atoms with Crippen molar-refractivity contribution in [3.05, 3.63) is 36.6 Å². The van der Waals surface area contributed by atoms with Gasteiger partial charge >= 0.3 is 0 Å². The molecule has 0 fully saturated rings. The van der Waals surface area contributed by atoms with Crippen molar-refractivity contribution in [1.29, 1.82) is 0 Å². The Bertz CT molecular complexity index is 189. The molecule has 0 rings (SSSR count). The van der Waals surface area contributed by atoms with Crippen molar-refractivity contribution in [2.75, 3.05) is 13.6 Å². The molecule has 0 amide bonds. The molecule has 0 aromatic carbocycles. The van der Waals surface area contributed by atoms with Crippen molar-refractivity contribution in [2.45, 2.75) is 20.3 Å². The van der Waals surface area contributed by atoms with E-state index in [9.17, 15) is 0 Å². The molecule has 0 radical (unpaired) electrons. The third-order valence-electron chi connectivity index (χ3n) is 2.06. The summed E-state index contributed by atoms with van der Waals surface area (Å²) in [5, 5.41) is 0. The van der Waals surface area contributed by atoms with Gasteiger partial charge in [-0.15, -0.1) is 0 Å². The van der Waals surface area contributed by atoms with Gasteiger partial charge in [0.25, 0.3) is 0 Å². The summed E-state index contributed by atoms with van der Waals surface area (Å²) >= 11 is 0. The Hall–Kier alpha value is -0.980. The SMILES string of the molecule is C=C/C(=C\C)CC(=C)N(C)CC. The quantitative estimate of drug-likeness (QED) is 0.566. The van der Waals surface area contributed by atoms with E-state index < -0.39 is 0 Å². The maximum atomic E-state index is 4.00. The van der Waals surface area contributed by atoms with Gasteiger partial charge in [-0.25, -0.2) is 0 Å². The molecule has 0 aromatic heterocycles. The van der Waals surface area contributed by atoms with Gasteiger partial charge in [0.05, 0.1) is 0 Å². The molecule has 0 unspecified atom stereocenters. The van der Waals surface area contributed by atoms with Crippen LogP contribution >= 0.6 is 0 Å². The molecule has 1 heteroatoms. The molecule has 0 saturated heterocycles. The van der Waals surface area contributed by atoms with E-state index in [2.05, 4.69) is 38.1 Å². The highest BCUT2D eigenvalue weighted by atomic mass is 15.1. The Morgan fingerprint density at radius 3 is 2.42 bits per heavy atom. The zero-order valence-electron chi connectivity index (χ0n) is 8.43. The Morgan fingerprint density at radius 2 is 2.08 bits per heavy atom. The molecule has 0 aliphatic carbocycles. The Morgan fingerprint density at radius 1 is 1.50 bits per heavy atom. The second-order valence-electron chi connectivity index (χ2n) is 2.82. The van der Waals surface area contributed by atoms with Crippen LogP contribution in [0, 0.1) is 0 Å². The largest absolute Gasteiger partial charge is 0.378 e. The van der Waals surface area contributed by atoms with E-state index in [-0.39, 0.29) is 0 Å². The standard InChI is InChI=1S/C11H19N/c1-6-11(7-2)9-10(4)12(5)8-3/h6-7H,1,4,8-9H2,2-3,5H3/b11-7+. The van der Waals surface area contributed by atoms with Crippen LogP contribution in [0.5, 0.6) is 0 Å². The highest BCUT2D eigenvalue weighted by Gasteiger charge is 1.99. The number of hydrogen-bond donors (Lipinski definition) is 0. The van der Waals surface area contributed by atoms with Gasteiger partial charge in [-0.1, -0.05) is 25.3 Å². The normalized spacial score (nSPS) is 11.1. The molecule has 0 aromatic rings. The topological polar surface area (TPSA) is 3.24 Å². The summed E-state index contributed by atoms with van der Waals surface area (Å²) in [6, 6.07) is 0. The van der Waals surface area contributed by atoms with Gasteiger partial charge in [0.2, 0.25) is 0 Å². The second-order valence-corrected chi connectivity index (χ2v) is 2.82. The first-order chi connectivity index (χ1) is 5.65. The Labute approximate surface area is 76.1 Å². The first kappa shape index (κ1) is 11.0. The zero-order chi connectivity index (χ0) is 9.56. The predicted molar refractivity (Wildman–Crippen MR) is 56.0 cm³/mol. The molecule has 0 aliphatic heterocycles. The van der Waals surface area contributed by atoms with Crippen LogP contribution in [0.2, 0.25) is 0 Å². The molecule has 0 heterocycles. The summed E-state index contributed by atoms with van der Waals surface area (Å²) in [4.78, 5) is 2.15. The van der Waals surface area contributed by atoms with Crippen LogP contribution in [-0.4, -0.2) is 18.5 Å². The van der Waals surface area contributed by atoms with Crippen molar-refractivity contribution in [1.82, 2.24) is 4.90 Å². The van der Waals surface area contributed by atoms with E-state index >= 15 is 0 Å². The third-order valence-corrected chi connectivity index (χ3v) is 2.06. The predicted octanol–water partition coefficient (Wildman–Crippen LogP) is 2.97. The first-order valence-corrected chi connectivity index (χ1v) is 4.32. The highest BCUT2D eigenvalue weighted by Crippen LogP contribution is 2.12. The van der Waals surface area contributed by atoms with E-state index in [4.69, 9.17) is 0 Å². The van der Waals surface area contributed by atoms with Crippen LogP contribution in [0.4, 0.5) is 0 Å². The molecule has 0 saturated carbocycles. The van der Waals surface area contributed by atoms with Crippen molar-refractivity contribution in [3.8, 4) is 0 Å². The third kappa shape index (κ3) is 3.42. The minimum atomic E-state index is 0.907. The van der Waals surface area contributed by atoms with Crippen molar-refractivity contribution in [3.63, 3.8) is 0 Å². The Balaban J connectivity index is 4.08. The molecular weight excluding hydrogens is 146 g/mol. The lowest BCUT2D eigenvalue weighted by Gasteiger charge is -2.19. The molecular formula is C11H19N. The molecule has 0 aliphatic rings.